The quantitative estimate of drug-likeness (QED) is 0.834. The van der Waals surface area contributed by atoms with Crippen LogP contribution in [0.4, 0.5) is 8.78 Å². The molecule has 0 amide bonds. The molecule has 84 valence electrons. The van der Waals surface area contributed by atoms with E-state index in [1.54, 1.807) is 12.3 Å². The number of hydrogen-bond donors (Lipinski definition) is 0. The van der Waals surface area contributed by atoms with E-state index in [1.165, 1.54) is 23.0 Å². The zero-order valence-electron chi connectivity index (χ0n) is 7.85. The molecule has 4 nitrogen and oxygen atoms in total. The van der Waals surface area contributed by atoms with E-state index in [1.807, 2.05) is 0 Å². The summed E-state index contributed by atoms with van der Waals surface area (Å²) in [7, 11) is 0. The Morgan fingerprint density at radius 3 is 2.81 bits per heavy atom. The van der Waals surface area contributed by atoms with E-state index >= 15 is 0 Å². The predicted molar refractivity (Wildman–Crippen MR) is 53.0 cm³/mol. The normalized spacial score (nSPS) is 10.8. The molecule has 0 unspecified atom stereocenters. The number of benzene rings is 1. The van der Waals surface area contributed by atoms with Gasteiger partial charge in [-0.3, -0.25) is 0 Å². The van der Waals surface area contributed by atoms with Gasteiger partial charge in [0.25, 0.3) is 0 Å². The highest BCUT2D eigenvalue weighted by Gasteiger charge is 2.10. The number of hydrogen-bond acceptors (Lipinski definition) is 3. The van der Waals surface area contributed by atoms with Crippen LogP contribution in [0.2, 0.25) is 5.02 Å². The zero-order chi connectivity index (χ0) is 11.5. The Balaban J connectivity index is 2.36. The highest BCUT2D eigenvalue weighted by Crippen LogP contribution is 2.28. The van der Waals surface area contributed by atoms with Gasteiger partial charge in [0.05, 0.1) is 23.1 Å². The van der Waals surface area contributed by atoms with Crippen molar-refractivity contribution in [3.8, 4) is 11.4 Å². The standard InChI is InChI=1S/C9H6ClF2N3O/c10-7-2-1-6(15-4-3-13-14-15)5-8(7)16-9(11)12/h1-5,9H. The number of rotatable bonds is 3. The lowest BCUT2D eigenvalue weighted by Crippen LogP contribution is -2.03. The van der Waals surface area contributed by atoms with Crippen LogP contribution >= 0.6 is 11.6 Å². The molecule has 0 fully saturated rings. The average Bonchev–Trinajstić information content (AvgIpc) is 2.73. The molecule has 1 aromatic carbocycles. The molecule has 0 saturated heterocycles. The van der Waals surface area contributed by atoms with Gasteiger partial charge in [0, 0.05) is 6.07 Å². The minimum absolute atomic E-state index is 0.0929. The summed E-state index contributed by atoms with van der Waals surface area (Å²) in [6.45, 7) is -2.91. The maximum Gasteiger partial charge on any atom is 0.387 e. The van der Waals surface area contributed by atoms with Crippen LogP contribution in [0.5, 0.6) is 5.75 Å². The highest BCUT2D eigenvalue weighted by molar-refractivity contribution is 6.32. The lowest BCUT2D eigenvalue weighted by molar-refractivity contribution is -0.0497. The molecule has 0 spiro atoms. The van der Waals surface area contributed by atoms with E-state index < -0.39 is 6.61 Å². The van der Waals surface area contributed by atoms with E-state index in [4.69, 9.17) is 11.6 Å². The van der Waals surface area contributed by atoms with Gasteiger partial charge in [-0.2, -0.15) is 8.78 Å². The second-order valence-electron chi connectivity index (χ2n) is 2.84. The van der Waals surface area contributed by atoms with Crippen molar-refractivity contribution in [3.05, 3.63) is 35.6 Å². The second-order valence-corrected chi connectivity index (χ2v) is 3.25. The first-order valence-electron chi connectivity index (χ1n) is 4.28. The Hall–Kier alpha value is -1.69. The maximum atomic E-state index is 12.1. The van der Waals surface area contributed by atoms with Gasteiger partial charge in [-0.05, 0) is 12.1 Å². The number of ether oxygens (including phenoxy) is 1. The summed E-state index contributed by atoms with van der Waals surface area (Å²) in [6, 6.07) is 4.44. The lowest BCUT2D eigenvalue weighted by atomic mass is 10.3. The molecule has 16 heavy (non-hydrogen) atoms. The summed E-state index contributed by atoms with van der Waals surface area (Å²) in [5.74, 6) is -0.0929. The first-order valence-corrected chi connectivity index (χ1v) is 4.65. The van der Waals surface area contributed by atoms with E-state index in [0.29, 0.717) is 5.69 Å². The van der Waals surface area contributed by atoms with Gasteiger partial charge in [0.2, 0.25) is 0 Å². The first-order chi connectivity index (χ1) is 7.66. The van der Waals surface area contributed by atoms with E-state index in [2.05, 4.69) is 15.0 Å². The SMILES string of the molecule is FC(F)Oc1cc(-n2ccnn2)ccc1Cl. The first kappa shape index (κ1) is 10.8. The van der Waals surface area contributed by atoms with Gasteiger partial charge in [-0.15, -0.1) is 5.10 Å². The third-order valence-electron chi connectivity index (χ3n) is 1.82. The predicted octanol–water partition coefficient (Wildman–Crippen LogP) is 2.52. The molecule has 0 saturated carbocycles. The van der Waals surface area contributed by atoms with Gasteiger partial charge in [0.15, 0.2) is 0 Å². The fraction of sp³-hybridized carbons (Fsp3) is 0.111. The van der Waals surface area contributed by atoms with Crippen molar-refractivity contribution in [3.63, 3.8) is 0 Å². The molecule has 0 aliphatic heterocycles. The van der Waals surface area contributed by atoms with E-state index in [-0.39, 0.29) is 10.8 Å². The summed E-state index contributed by atoms with van der Waals surface area (Å²) in [6.07, 6.45) is 3.05. The van der Waals surface area contributed by atoms with Crippen LogP contribution in [0.25, 0.3) is 5.69 Å². The Kier molecular flexibility index (Phi) is 3.00. The van der Waals surface area contributed by atoms with Crippen molar-refractivity contribution in [2.24, 2.45) is 0 Å². The van der Waals surface area contributed by atoms with Crippen LogP contribution in [-0.2, 0) is 0 Å². The molecule has 1 heterocycles. The van der Waals surface area contributed by atoms with Crippen LogP contribution in [-0.4, -0.2) is 21.6 Å². The van der Waals surface area contributed by atoms with Crippen molar-refractivity contribution in [2.75, 3.05) is 0 Å². The Bertz CT molecular complexity index is 476. The molecular weight excluding hydrogens is 240 g/mol. The summed E-state index contributed by atoms with van der Waals surface area (Å²) in [4.78, 5) is 0. The number of aromatic nitrogens is 3. The largest absolute Gasteiger partial charge is 0.433 e. The molecule has 0 atom stereocenters. The fourth-order valence-corrected chi connectivity index (χ4v) is 1.33. The third-order valence-corrected chi connectivity index (χ3v) is 2.13. The minimum Gasteiger partial charge on any atom is -0.433 e. The molecule has 7 heteroatoms. The second kappa shape index (κ2) is 4.44. The summed E-state index contributed by atoms with van der Waals surface area (Å²) >= 11 is 5.70. The molecule has 0 N–H and O–H groups in total. The minimum atomic E-state index is -2.91. The Morgan fingerprint density at radius 1 is 1.38 bits per heavy atom. The van der Waals surface area contributed by atoms with Crippen LogP contribution in [0.15, 0.2) is 30.6 Å². The molecule has 2 rings (SSSR count). The summed E-state index contributed by atoms with van der Waals surface area (Å²) < 4.78 is 29.8. The van der Waals surface area contributed by atoms with Crippen LogP contribution in [0.1, 0.15) is 0 Å². The maximum absolute atomic E-state index is 12.1. The van der Waals surface area contributed by atoms with Crippen molar-refractivity contribution in [1.29, 1.82) is 0 Å². The molecule has 0 radical (unpaired) electrons. The van der Waals surface area contributed by atoms with Gasteiger partial charge in [0.1, 0.15) is 5.75 Å². The van der Waals surface area contributed by atoms with Crippen LogP contribution < -0.4 is 4.74 Å². The molecule has 1 aromatic heterocycles. The number of halogens is 3. The van der Waals surface area contributed by atoms with Crippen LogP contribution in [0.3, 0.4) is 0 Å². The van der Waals surface area contributed by atoms with Gasteiger partial charge >= 0.3 is 6.61 Å². The molecule has 0 bridgehead atoms. The van der Waals surface area contributed by atoms with Crippen molar-refractivity contribution < 1.29 is 13.5 Å². The Morgan fingerprint density at radius 2 is 2.19 bits per heavy atom. The van der Waals surface area contributed by atoms with Crippen molar-refractivity contribution in [2.45, 2.75) is 6.61 Å². The lowest BCUT2D eigenvalue weighted by Gasteiger charge is -2.08. The van der Waals surface area contributed by atoms with Crippen LogP contribution in [0, 0.1) is 0 Å². The number of nitrogens with zero attached hydrogens (tertiary/aromatic N) is 3. The van der Waals surface area contributed by atoms with Gasteiger partial charge in [-0.1, -0.05) is 16.8 Å². The van der Waals surface area contributed by atoms with Gasteiger partial charge < -0.3 is 4.74 Å². The molecular formula is C9H6ClF2N3O. The molecule has 0 aliphatic rings. The fourth-order valence-electron chi connectivity index (χ4n) is 1.17. The van der Waals surface area contributed by atoms with E-state index in [9.17, 15) is 8.78 Å². The summed E-state index contributed by atoms with van der Waals surface area (Å²) in [5, 5.41) is 7.43. The topological polar surface area (TPSA) is 39.9 Å². The summed E-state index contributed by atoms with van der Waals surface area (Å²) in [5.41, 5.74) is 0.539. The van der Waals surface area contributed by atoms with E-state index in [0.717, 1.165) is 0 Å². The molecule has 0 aliphatic carbocycles. The highest BCUT2D eigenvalue weighted by atomic mass is 35.5. The van der Waals surface area contributed by atoms with Crippen molar-refractivity contribution in [1.82, 2.24) is 15.0 Å². The smallest absolute Gasteiger partial charge is 0.387 e. The molecule has 2 aromatic rings. The Labute approximate surface area is 94.4 Å². The third kappa shape index (κ3) is 2.27. The average molecular weight is 246 g/mol. The monoisotopic (exact) mass is 245 g/mol. The van der Waals surface area contributed by atoms with Crippen molar-refractivity contribution >= 4 is 11.6 Å². The zero-order valence-corrected chi connectivity index (χ0v) is 8.60. The number of alkyl halides is 2. The van der Waals surface area contributed by atoms with Gasteiger partial charge in [-0.25, -0.2) is 4.68 Å².